The zero-order chi connectivity index (χ0) is 17.4. The van der Waals surface area contributed by atoms with Gasteiger partial charge in [-0.25, -0.2) is 0 Å². The quantitative estimate of drug-likeness (QED) is 0.580. The third-order valence-electron chi connectivity index (χ3n) is 3.23. The van der Waals surface area contributed by atoms with Crippen molar-refractivity contribution in [2.45, 2.75) is 19.8 Å². The Balaban J connectivity index is 1.89. The van der Waals surface area contributed by atoms with Gasteiger partial charge < -0.3 is 10.1 Å². The number of thiocarbonyl (C=S) groups is 1. The third-order valence-corrected chi connectivity index (χ3v) is 3.77. The Hall–Kier alpha value is -2.11. The van der Waals surface area contributed by atoms with Crippen LogP contribution >= 0.6 is 23.8 Å². The second kappa shape index (κ2) is 9.25. The average molecular weight is 363 g/mol. The van der Waals surface area contributed by atoms with Crippen LogP contribution in [0.25, 0.3) is 0 Å². The van der Waals surface area contributed by atoms with E-state index in [2.05, 4.69) is 17.6 Å². The number of rotatable bonds is 6. The number of hydrogen-bond donors (Lipinski definition) is 2. The molecular formula is C18H19ClN2O2S. The number of halogens is 1. The lowest BCUT2D eigenvalue weighted by molar-refractivity contribution is 0.0977. The number of amides is 1. The van der Waals surface area contributed by atoms with E-state index in [1.165, 1.54) is 0 Å². The van der Waals surface area contributed by atoms with Crippen LogP contribution in [0.2, 0.25) is 5.02 Å². The number of carbonyl (C=O) groups excluding carboxylic acids is 1. The van der Waals surface area contributed by atoms with E-state index in [1.54, 1.807) is 36.4 Å². The summed E-state index contributed by atoms with van der Waals surface area (Å²) in [6.45, 7) is 2.78. The maximum absolute atomic E-state index is 12.2. The number of hydrogen-bond acceptors (Lipinski definition) is 3. The van der Waals surface area contributed by atoms with E-state index in [0.29, 0.717) is 22.9 Å². The van der Waals surface area contributed by atoms with Gasteiger partial charge in [0.1, 0.15) is 5.75 Å². The fourth-order valence-electron chi connectivity index (χ4n) is 1.93. The van der Waals surface area contributed by atoms with E-state index >= 15 is 0 Å². The van der Waals surface area contributed by atoms with Crippen LogP contribution in [0, 0.1) is 0 Å². The van der Waals surface area contributed by atoms with E-state index in [9.17, 15) is 4.79 Å². The zero-order valence-electron chi connectivity index (χ0n) is 13.3. The van der Waals surface area contributed by atoms with Gasteiger partial charge in [0.25, 0.3) is 5.91 Å². The molecule has 0 unspecified atom stereocenters. The van der Waals surface area contributed by atoms with E-state index < -0.39 is 0 Å². The van der Waals surface area contributed by atoms with E-state index in [4.69, 9.17) is 28.6 Å². The van der Waals surface area contributed by atoms with Gasteiger partial charge in [0.05, 0.1) is 17.3 Å². The van der Waals surface area contributed by atoms with Gasteiger partial charge in [-0.15, -0.1) is 0 Å². The minimum atomic E-state index is -0.292. The molecule has 24 heavy (non-hydrogen) atoms. The van der Waals surface area contributed by atoms with Crippen LogP contribution in [0.4, 0.5) is 5.69 Å². The molecule has 4 nitrogen and oxygen atoms in total. The van der Waals surface area contributed by atoms with Gasteiger partial charge in [-0.05, 0) is 55.0 Å². The lowest BCUT2D eigenvalue weighted by Gasteiger charge is -2.11. The van der Waals surface area contributed by atoms with Crippen molar-refractivity contribution in [1.29, 1.82) is 0 Å². The summed E-state index contributed by atoms with van der Waals surface area (Å²) in [6, 6.07) is 14.1. The van der Waals surface area contributed by atoms with E-state index in [0.717, 1.165) is 18.6 Å². The highest BCUT2D eigenvalue weighted by Gasteiger charge is 2.09. The molecule has 0 radical (unpaired) electrons. The SMILES string of the molecule is CCCCOc1ccc(C(=O)NC(=S)Nc2ccccc2Cl)cc1. The molecule has 0 fully saturated rings. The first kappa shape index (κ1) is 18.2. The van der Waals surface area contributed by atoms with Crippen molar-refractivity contribution >= 4 is 40.5 Å². The summed E-state index contributed by atoms with van der Waals surface area (Å²) in [6.07, 6.45) is 2.08. The molecule has 1 amide bonds. The van der Waals surface area contributed by atoms with Crippen molar-refractivity contribution in [3.63, 3.8) is 0 Å². The predicted octanol–water partition coefficient (Wildman–Crippen LogP) is 4.65. The summed E-state index contributed by atoms with van der Waals surface area (Å²) in [5, 5.41) is 6.25. The Morgan fingerprint density at radius 1 is 1.17 bits per heavy atom. The summed E-state index contributed by atoms with van der Waals surface area (Å²) >= 11 is 11.2. The molecule has 0 bridgehead atoms. The molecule has 0 saturated carbocycles. The lowest BCUT2D eigenvalue weighted by atomic mass is 10.2. The third kappa shape index (κ3) is 5.51. The van der Waals surface area contributed by atoms with Gasteiger partial charge in [-0.1, -0.05) is 37.1 Å². The smallest absolute Gasteiger partial charge is 0.257 e. The minimum absolute atomic E-state index is 0.191. The summed E-state index contributed by atoms with van der Waals surface area (Å²) < 4.78 is 5.57. The predicted molar refractivity (Wildman–Crippen MR) is 102 cm³/mol. The summed E-state index contributed by atoms with van der Waals surface area (Å²) in [5.74, 6) is 0.455. The monoisotopic (exact) mass is 362 g/mol. The fraction of sp³-hybridized carbons (Fsp3) is 0.222. The van der Waals surface area contributed by atoms with Crippen molar-refractivity contribution in [2.75, 3.05) is 11.9 Å². The van der Waals surface area contributed by atoms with Crippen LogP contribution < -0.4 is 15.4 Å². The van der Waals surface area contributed by atoms with Crippen molar-refractivity contribution in [3.8, 4) is 5.75 Å². The molecule has 2 rings (SSSR count). The molecule has 6 heteroatoms. The van der Waals surface area contributed by atoms with Crippen LogP contribution in [0.5, 0.6) is 5.75 Å². The molecule has 0 aliphatic rings. The van der Waals surface area contributed by atoms with Gasteiger partial charge in [0.15, 0.2) is 5.11 Å². The molecule has 2 aromatic rings. The van der Waals surface area contributed by atoms with Gasteiger partial charge in [-0.3, -0.25) is 10.1 Å². The van der Waals surface area contributed by atoms with Crippen LogP contribution in [0.3, 0.4) is 0 Å². The van der Waals surface area contributed by atoms with Gasteiger partial charge in [-0.2, -0.15) is 0 Å². The van der Waals surface area contributed by atoms with E-state index in [-0.39, 0.29) is 11.0 Å². The Bertz CT molecular complexity index is 704. The van der Waals surface area contributed by atoms with Crippen LogP contribution in [0.15, 0.2) is 48.5 Å². The number of nitrogens with one attached hydrogen (secondary N) is 2. The van der Waals surface area contributed by atoms with Crippen molar-refractivity contribution in [2.24, 2.45) is 0 Å². The molecule has 0 atom stereocenters. The highest BCUT2D eigenvalue weighted by Crippen LogP contribution is 2.20. The van der Waals surface area contributed by atoms with Crippen molar-refractivity contribution in [1.82, 2.24) is 5.32 Å². The van der Waals surface area contributed by atoms with Gasteiger partial charge >= 0.3 is 0 Å². The average Bonchev–Trinajstić information content (AvgIpc) is 2.58. The first-order valence-corrected chi connectivity index (χ1v) is 8.48. The molecule has 0 aliphatic heterocycles. The molecule has 0 aliphatic carbocycles. The normalized spacial score (nSPS) is 10.1. The number of carbonyl (C=O) groups is 1. The molecule has 0 aromatic heterocycles. The van der Waals surface area contributed by atoms with E-state index in [1.807, 2.05) is 12.1 Å². The van der Waals surface area contributed by atoms with Crippen molar-refractivity contribution in [3.05, 3.63) is 59.1 Å². The highest BCUT2D eigenvalue weighted by molar-refractivity contribution is 7.80. The zero-order valence-corrected chi connectivity index (χ0v) is 14.9. The molecular weight excluding hydrogens is 344 g/mol. The summed E-state index contributed by atoms with van der Waals surface area (Å²) in [7, 11) is 0. The second-order valence-electron chi connectivity index (χ2n) is 5.11. The topological polar surface area (TPSA) is 50.4 Å². The molecule has 2 aromatic carbocycles. The van der Waals surface area contributed by atoms with Crippen LogP contribution in [-0.4, -0.2) is 17.6 Å². The Labute approximate surface area is 152 Å². The first-order chi connectivity index (χ1) is 11.6. The van der Waals surface area contributed by atoms with Crippen molar-refractivity contribution < 1.29 is 9.53 Å². The number of anilines is 1. The maximum Gasteiger partial charge on any atom is 0.257 e. The Morgan fingerprint density at radius 3 is 2.54 bits per heavy atom. The summed E-state index contributed by atoms with van der Waals surface area (Å²) in [5.41, 5.74) is 1.14. The minimum Gasteiger partial charge on any atom is -0.494 e. The Kier molecular flexibility index (Phi) is 7.03. The maximum atomic E-state index is 12.2. The van der Waals surface area contributed by atoms with Crippen LogP contribution in [-0.2, 0) is 0 Å². The molecule has 0 saturated heterocycles. The fourth-order valence-corrected chi connectivity index (χ4v) is 2.31. The van der Waals surface area contributed by atoms with Gasteiger partial charge in [0.2, 0.25) is 0 Å². The molecule has 126 valence electrons. The molecule has 0 heterocycles. The number of ether oxygens (including phenoxy) is 1. The number of para-hydroxylation sites is 1. The van der Waals surface area contributed by atoms with Gasteiger partial charge in [0, 0.05) is 5.56 Å². The number of benzene rings is 2. The van der Waals surface area contributed by atoms with Crippen LogP contribution in [0.1, 0.15) is 30.1 Å². The first-order valence-electron chi connectivity index (χ1n) is 7.70. The highest BCUT2D eigenvalue weighted by atomic mass is 35.5. The Morgan fingerprint density at radius 2 is 1.88 bits per heavy atom. The molecule has 2 N–H and O–H groups in total. The summed E-state index contributed by atoms with van der Waals surface area (Å²) in [4.78, 5) is 12.2. The lowest BCUT2D eigenvalue weighted by Crippen LogP contribution is -2.34. The molecule has 0 spiro atoms. The largest absolute Gasteiger partial charge is 0.494 e. The second-order valence-corrected chi connectivity index (χ2v) is 5.93. The standard InChI is InChI=1S/C18H19ClN2O2S/c1-2-3-12-23-14-10-8-13(9-11-14)17(22)21-18(24)20-16-7-5-4-6-15(16)19/h4-11H,2-3,12H2,1H3,(H2,20,21,22,24). The number of unbranched alkanes of at least 4 members (excludes halogenated alkanes) is 1.